The molecular weight excluding hydrogens is 458 g/mol. The number of aryl methyl sites for hydroxylation is 1. The zero-order chi connectivity index (χ0) is 25.8. The first-order valence-corrected chi connectivity index (χ1v) is 12.3. The molecule has 0 spiro atoms. The van der Waals surface area contributed by atoms with Crippen LogP contribution in [0.2, 0.25) is 0 Å². The molecular formula is C29H32F2N4O. The second-order valence-electron chi connectivity index (χ2n) is 9.49. The van der Waals surface area contributed by atoms with E-state index in [2.05, 4.69) is 0 Å². The Morgan fingerprint density at radius 2 is 1.83 bits per heavy atom. The van der Waals surface area contributed by atoms with Crippen LogP contribution in [0.1, 0.15) is 53.6 Å². The lowest BCUT2D eigenvalue weighted by molar-refractivity contribution is 0.0600. The molecule has 4 aromatic rings. The third-order valence-corrected chi connectivity index (χ3v) is 6.36. The summed E-state index contributed by atoms with van der Waals surface area (Å²) in [7, 11) is 0. The Balaban J connectivity index is 1.88. The predicted octanol–water partition coefficient (Wildman–Crippen LogP) is 5.86. The smallest absolute Gasteiger partial charge is 0.257 e. The van der Waals surface area contributed by atoms with Gasteiger partial charge in [0.1, 0.15) is 17.5 Å². The maximum absolute atomic E-state index is 14.7. The molecule has 0 aliphatic carbocycles. The third-order valence-electron chi connectivity index (χ3n) is 6.36. The average Bonchev–Trinajstić information content (AvgIpc) is 3.17. The molecule has 5 nitrogen and oxygen atoms in total. The number of halogens is 2. The van der Waals surface area contributed by atoms with Gasteiger partial charge in [-0.2, -0.15) is 0 Å². The van der Waals surface area contributed by atoms with Crippen LogP contribution in [0.25, 0.3) is 11.0 Å². The number of carbonyl (C=O) groups excluding carboxylic acids is 1. The molecule has 2 N–H and O–H groups in total. The Hall–Kier alpha value is -3.58. The van der Waals surface area contributed by atoms with Gasteiger partial charge in [-0.3, -0.25) is 4.79 Å². The monoisotopic (exact) mass is 490 g/mol. The maximum Gasteiger partial charge on any atom is 0.257 e. The number of imidazole rings is 1. The van der Waals surface area contributed by atoms with Crippen molar-refractivity contribution in [2.75, 3.05) is 13.1 Å². The fourth-order valence-corrected chi connectivity index (χ4v) is 4.68. The minimum Gasteiger partial charge on any atom is -0.330 e. The van der Waals surface area contributed by atoms with Crippen molar-refractivity contribution >= 4 is 16.9 Å². The largest absolute Gasteiger partial charge is 0.330 e. The Labute approximate surface area is 210 Å². The van der Waals surface area contributed by atoms with Gasteiger partial charge in [0.05, 0.1) is 22.6 Å². The lowest BCUT2D eigenvalue weighted by Gasteiger charge is -2.34. The average molecular weight is 491 g/mol. The van der Waals surface area contributed by atoms with Crippen LogP contribution in [-0.2, 0) is 6.54 Å². The van der Waals surface area contributed by atoms with E-state index in [4.69, 9.17) is 10.7 Å². The highest BCUT2D eigenvalue weighted by molar-refractivity contribution is 5.94. The van der Waals surface area contributed by atoms with Crippen molar-refractivity contribution in [3.05, 3.63) is 101 Å². The van der Waals surface area contributed by atoms with E-state index in [0.29, 0.717) is 31.9 Å². The lowest BCUT2D eigenvalue weighted by atomic mass is 9.99. The number of rotatable bonds is 9. The van der Waals surface area contributed by atoms with E-state index >= 15 is 0 Å². The molecule has 0 saturated heterocycles. The van der Waals surface area contributed by atoms with E-state index in [1.54, 1.807) is 23.1 Å². The molecule has 7 heteroatoms. The molecule has 0 radical (unpaired) electrons. The molecule has 4 rings (SSSR count). The number of nitrogens with two attached hydrogens (primary N) is 1. The molecule has 1 atom stereocenters. The van der Waals surface area contributed by atoms with Crippen molar-refractivity contribution in [3.63, 3.8) is 0 Å². The second-order valence-corrected chi connectivity index (χ2v) is 9.49. The molecule has 0 aliphatic heterocycles. The minimum atomic E-state index is -0.563. The Morgan fingerprint density at radius 3 is 2.53 bits per heavy atom. The molecule has 0 bridgehead atoms. The maximum atomic E-state index is 14.7. The van der Waals surface area contributed by atoms with E-state index in [9.17, 15) is 13.6 Å². The summed E-state index contributed by atoms with van der Waals surface area (Å²) in [4.78, 5) is 20.4. The van der Waals surface area contributed by atoms with Crippen molar-refractivity contribution in [2.24, 2.45) is 11.7 Å². The number of fused-ring (bicyclic) bond motifs is 1. The van der Waals surface area contributed by atoms with Gasteiger partial charge in [0.2, 0.25) is 0 Å². The predicted molar refractivity (Wildman–Crippen MR) is 139 cm³/mol. The number of carbonyl (C=O) groups is 1. The summed E-state index contributed by atoms with van der Waals surface area (Å²) in [6.07, 6.45) is 0.562. The van der Waals surface area contributed by atoms with Gasteiger partial charge in [0, 0.05) is 13.1 Å². The van der Waals surface area contributed by atoms with Crippen LogP contribution >= 0.6 is 0 Å². The second kappa shape index (κ2) is 11.0. The highest BCUT2D eigenvalue weighted by atomic mass is 19.1. The Bertz CT molecular complexity index is 1360. The molecule has 1 amide bonds. The molecule has 3 aromatic carbocycles. The number of aromatic nitrogens is 2. The Morgan fingerprint density at radius 1 is 1.06 bits per heavy atom. The van der Waals surface area contributed by atoms with E-state index in [1.807, 2.05) is 49.6 Å². The van der Waals surface area contributed by atoms with Gasteiger partial charge < -0.3 is 15.2 Å². The molecule has 1 heterocycles. The van der Waals surface area contributed by atoms with Gasteiger partial charge in [-0.05, 0) is 73.3 Å². The SMILES string of the molecule is Cc1ccc2c(c1)nc(C(C(C)C)N(CCCN)C(=O)c1ccccc1F)n2Cc1cccc(F)c1. The van der Waals surface area contributed by atoms with Crippen molar-refractivity contribution in [1.82, 2.24) is 14.5 Å². The molecule has 1 aromatic heterocycles. The van der Waals surface area contributed by atoms with Gasteiger partial charge in [-0.1, -0.05) is 44.2 Å². The highest BCUT2D eigenvalue weighted by Gasteiger charge is 2.33. The number of hydrogen-bond acceptors (Lipinski definition) is 3. The van der Waals surface area contributed by atoms with Crippen LogP contribution in [-0.4, -0.2) is 33.4 Å². The van der Waals surface area contributed by atoms with Crippen LogP contribution in [0.4, 0.5) is 8.78 Å². The van der Waals surface area contributed by atoms with E-state index < -0.39 is 17.8 Å². The first kappa shape index (κ1) is 25.5. The fourth-order valence-electron chi connectivity index (χ4n) is 4.68. The van der Waals surface area contributed by atoms with Crippen LogP contribution < -0.4 is 5.73 Å². The standard InChI is InChI=1S/C29H32F2N4O/c1-19(2)27(34(15-7-14-32)29(36)23-10-4-5-11-24(23)31)28-33-25-16-20(3)12-13-26(25)35(28)18-21-8-6-9-22(30)17-21/h4-6,8-13,16-17,19,27H,7,14-15,18,32H2,1-3H3. The molecule has 36 heavy (non-hydrogen) atoms. The lowest BCUT2D eigenvalue weighted by Crippen LogP contribution is -2.40. The van der Waals surface area contributed by atoms with Crippen LogP contribution in [0.15, 0.2) is 66.7 Å². The normalized spacial score (nSPS) is 12.3. The first-order chi connectivity index (χ1) is 17.3. The first-order valence-electron chi connectivity index (χ1n) is 12.3. The van der Waals surface area contributed by atoms with Gasteiger partial charge >= 0.3 is 0 Å². The zero-order valence-corrected chi connectivity index (χ0v) is 20.9. The summed E-state index contributed by atoms with van der Waals surface area (Å²) in [5, 5.41) is 0. The highest BCUT2D eigenvalue weighted by Crippen LogP contribution is 2.33. The van der Waals surface area contributed by atoms with Crippen molar-refractivity contribution in [1.29, 1.82) is 0 Å². The van der Waals surface area contributed by atoms with Gasteiger partial charge in [-0.15, -0.1) is 0 Å². The molecule has 1 unspecified atom stereocenters. The van der Waals surface area contributed by atoms with Gasteiger partial charge in [0.15, 0.2) is 0 Å². The summed E-state index contributed by atoms with van der Waals surface area (Å²) < 4.78 is 30.7. The van der Waals surface area contributed by atoms with Crippen molar-refractivity contribution in [3.8, 4) is 0 Å². The topological polar surface area (TPSA) is 64.2 Å². The third kappa shape index (κ3) is 5.31. The van der Waals surface area contributed by atoms with Gasteiger partial charge in [0.25, 0.3) is 5.91 Å². The zero-order valence-electron chi connectivity index (χ0n) is 20.9. The minimum absolute atomic E-state index is 0.0174. The summed E-state index contributed by atoms with van der Waals surface area (Å²) in [6, 6.07) is 18.1. The van der Waals surface area contributed by atoms with E-state index in [1.165, 1.54) is 24.3 Å². The number of nitrogens with zero attached hydrogens (tertiary/aromatic N) is 3. The number of hydrogen-bond donors (Lipinski definition) is 1. The number of benzene rings is 3. The van der Waals surface area contributed by atoms with E-state index in [0.717, 1.165) is 22.2 Å². The molecule has 0 aliphatic rings. The fraction of sp³-hybridized carbons (Fsp3) is 0.310. The van der Waals surface area contributed by atoms with Crippen molar-refractivity contribution < 1.29 is 13.6 Å². The summed E-state index contributed by atoms with van der Waals surface area (Å²) in [6.45, 7) is 7.17. The molecule has 188 valence electrons. The quantitative estimate of drug-likeness (QED) is 0.320. The summed E-state index contributed by atoms with van der Waals surface area (Å²) >= 11 is 0. The van der Waals surface area contributed by atoms with Crippen LogP contribution in [0.3, 0.4) is 0 Å². The van der Waals surface area contributed by atoms with Crippen LogP contribution in [0.5, 0.6) is 0 Å². The summed E-state index contributed by atoms with van der Waals surface area (Å²) in [5.74, 6) is -0.638. The molecule has 0 fully saturated rings. The van der Waals surface area contributed by atoms with E-state index in [-0.39, 0.29) is 17.3 Å². The van der Waals surface area contributed by atoms with Crippen LogP contribution in [0, 0.1) is 24.5 Å². The Kier molecular flexibility index (Phi) is 7.79. The summed E-state index contributed by atoms with van der Waals surface area (Å²) in [5.41, 5.74) is 9.37. The van der Waals surface area contributed by atoms with Crippen molar-refractivity contribution in [2.45, 2.75) is 39.8 Å². The van der Waals surface area contributed by atoms with Gasteiger partial charge in [-0.25, -0.2) is 13.8 Å². The molecule has 0 saturated carbocycles. The number of amides is 1.